The van der Waals surface area contributed by atoms with Crippen molar-refractivity contribution in [1.82, 2.24) is 9.88 Å². The number of nitriles is 1. The molecule has 1 aromatic heterocycles. The highest BCUT2D eigenvalue weighted by Crippen LogP contribution is 2.22. The number of rotatable bonds is 4. The van der Waals surface area contributed by atoms with E-state index in [1.165, 1.54) is 24.2 Å². The maximum absolute atomic E-state index is 11.9. The van der Waals surface area contributed by atoms with E-state index >= 15 is 0 Å². The zero-order chi connectivity index (χ0) is 14.4. The van der Waals surface area contributed by atoms with Gasteiger partial charge in [-0.3, -0.25) is 15.1 Å². The van der Waals surface area contributed by atoms with Crippen LogP contribution in [0.4, 0.5) is 16.2 Å². The number of anilines is 1. The fourth-order valence-corrected chi connectivity index (χ4v) is 1.31. The Hall–Kier alpha value is -2.69. The van der Waals surface area contributed by atoms with Crippen molar-refractivity contribution < 1.29 is 9.72 Å². The third kappa shape index (κ3) is 3.64. The van der Waals surface area contributed by atoms with E-state index in [0.29, 0.717) is 0 Å². The maximum atomic E-state index is 11.9. The van der Waals surface area contributed by atoms with Crippen LogP contribution in [0.2, 0.25) is 0 Å². The molecular weight excluding hydrogens is 250 g/mol. The lowest BCUT2D eigenvalue weighted by molar-refractivity contribution is -0.384. The van der Waals surface area contributed by atoms with E-state index in [9.17, 15) is 14.9 Å². The molecule has 0 radical (unpaired) electrons. The molecule has 0 aliphatic rings. The zero-order valence-electron chi connectivity index (χ0n) is 10.5. The van der Waals surface area contributed by atoms with Gasteiger partial charge in [0.05, 0.1) is 17.4 Å². The number of amides is 2. The second kappa shape index (κ2) is 6.30. The first-order valence-electron chi connectivity index (χ1n) is 5.46. The second-order valence-corrected chi connectivity index (χ2v) is 3.90. The van der Waals surface area contributed by atoms with Gasteiger partial charge in [0.15, 0.2) is 0 Å². The molecule has 0 aliphatic carbocycles. The summed E-state index contributed by atoms with van der Waals surface area (Å²) in [6.45, 7) is 1.71. The molecule has 0 spiro atoms. The molecule has 19 heavy (non-hydrogen) atoms. The summed E-state index contributed by atoms with van der Waals surface area (Å²) in [5.74, 6) is 0. The van der Waals surface area contributed by atoms with Crippen molar-refractivity contribution in [2.45, 2.75) is 19.4 Å². The van der Waals surface area contributed by atoms with Gasteiger partial charge in [0.1, 0.15) is 11.9 Å². The normalized spacial score (nSPS) is 11.2. The van der Waals surface area contributed by atoms with Crippen molar-refractivity contribution in [3.63, 3.8) is 0 Å². The molecule has 1 rings (SSSR count). The molecule has 0 saturated carbocycles. The Bertz CT molecular complexity index is 525. The third-order valence-corrected chi connectivity index (χ3v) is 2.61. The number of nitrogens with one attached hydrogen (secondary N) is 1. The summed E-state index contributed by atoms with van der Waals surface area (Å²) in [5, 5.41) is 21.8. The topological polar surface area (TPSA) is 112 Å². The van der Waals surface area contributed by atoms with Gasteiger partial charge in [-0.2, -0.15) is 5.26 Å². The van der Waals surface area contributed by atoms with E-state index in [1.54, 1.807) is 6.92 Å². The summed E-state index contributed by atoms with van der Waals surface area (Å²) in [6, 6.07) is 2.50. The molecular formula is C11H13N5O3. The molecule has 1 aromatic rings. The lowest BCUT2D eigenvalue weighted by atomic mass is 10.2. The molecule has 0 fully saturated rings. The highest BCUT2D eigenvalue weighted by atomic mass is 16.6. The number of urea groups is 1. The number of pyridine rings is 1. The summed E-state index contributed by atoms with van der Waals surface area (Å²) < 4.78 is 0. The van der Waals surface area contributed by atoms with E-state index in [-0.39, 0.29) is 23.8 Å². The zero-order valence-corrected chi connectivity index (χ0v) is 10.5. The van der Waals surface area contributed by atoms with Crippen molar-refractivity contribution in [2.75, 3.05) is 12.4 Å². The average Bonchev–Trinajstić information content (AvgIpc) is 2.38. The van der Waals surface area contributed by atoms with Gasteiger partial charge >= 0.3 is 11.7 Å². The van der Waals surface area contributed by atoms with E-state index in [1.807, 2.05) is 6.07 Å². The molecule has 1 atom stereocenters. The fraction of sp³-hybridized carbons (Fsp3) is 0.364. The van der Waals surface area contributed by atoms with Gasteiger partial charge < -0.3 is 10.2 Å². The van der Waals surface area contributed by atoms with Crippen LogP contribution in [0.25, 0.3) is 0 Å². The predicted octanol–water partition coefficient (Wildman–Crippen LogP) is 1.76. The van der Waals surface area contributed by atoms with Crippen LogP contribution in [0, 0.1) is 21.4 Å². The molecule has 1 N–H and O–H groups in total. The number of hydrogen-bond donors (Lipinski definition) is 1. The number of nitrogens with zero attached hydrogens (tertiary/aromatic N) is 4. The fourth-order valence-electron chi connectivity index (χ4n) is 1.31. The quantitative estimate of drug-likeness (QED) is 0.656. The summed E-state index contributed by atoms with van der Waals surface area (Å²) in [5.41, 5.74) is -0.210. The maximum Gasteiger partial charge on any atom is 0.322 e. The van der Waals surface area contributed by atoms with Gasteiger partial charge in [-0.25, -0.2) is 4.79 Å². The lowest BCUT2D eigenvalue weighted by Gasteiger charge is -2.23. The van der Waals surface area contributed by atoms with Crippen LogP contribution in [0.1, 0.15) is 13.3 Å². The average molecular weight is 263 g/mol. The first-order chi connectivity index (χ1) is 8.97. The molecule has 0 aliphatic heterocycles. The van der Waals surface area contributed by atoms with E-state index in [2.05, 4.69) is 10.3 Å². The highest BCUT2D eigenvalue weighted by Gasteiger charge is 2.20. The van der Waals surface area contributed by atoms with Crippen molar-refractivity contribution in [1.29, 1.82) is 5.26 Å². The Balaban J connectivity index is 2.83. The minimum Gasteiger partial charge on any atom is -0.324 e. The molecule has 8 nitrogen and oxygen atoms in total. The van der Waals surface area contributed by atoms with Crippen LogP contribution in [0.3, 0.4) is 0 Å². The van der Waals surface area contributed by atoms with Gasteiger partial charge in [0, 0.05) is 19.3 Å². The predicted molar refractivity (Wildman–Crippen MR) is 67.4 cm³/mol. The van der Waals surface area contributed by atoms with E-state index in [0.717, 1.165) is 6.20 Å². The molecule has 0 unspecified atom stereocenters. The molecule has 0 aromatic carbocycles. The van der Waals surface area contributed by atoms with Gasteiger partial charge in [-0.05, 0) is 13.0 Å². The van der Waals surface area contributed by atoms with E-state index < -0.39 is 11.0 Å². The van der Waals surface area contributed by atoms with E-state index in [4.69, 9.17) is 5.26 Å². The second-order valence-electron chi connectivity index (χ2n) is 3.90. The summed E-state index contributed by atoms with van der Waals surface area (Å²) in [4.78, 5) is 27.0. The van der Waals surface area contributed by atoms with Crippen LogP contribution in [-0.2, 0) is 0 Å². The Morgan fingerprint density at radius 1 is 1.74 bits per heavy atom. The van der Waals surface area contributed by atoms with Gasteiger partial charge in [0.2, 0.25) is 0 Å². The monoisotopic (exact) mass is 263 g/mol. The Morgan fingerprint density at radius 2 is 2.42 bits per heavy atom. The Morgan fingerprint density at radius 3 is 3.00 bits per heavy atom. The highest BCUT2D eigenvalue weighted by molar-refractivity contribution is 5.91. The van der Waals surface area contributed by atoms with Crippen molar-refractivity contribution in [3.8, 4) is 6.07 Å². The number of nitro groups is 1. The van der Waals surface area contributed by atoms with Gasteiger partial charge in [-0.1, -0.05) is 0 Å². The summed E-state index contributed by atoms with van der Waals surface area (Å²) in [6.07, 6.45) is 2.60. The van der Waals surface area contributed by atoms with Crippen molar-refractivity contribution in [3.05, 3.63) is 28.6 Å². The summed E-state index contributed by atoms with van der Waals surface area (Å²) in [7, 11) is 1.52. The molecule has 0 saturated heterocycles. The largest absolute Gasteiger partial charge is 0.324 e. The van der Waals surface area contributed by atoms with Crippen LogP contribution in [0.15, 0.2) is 18.5 Å². The van der Waals surface area contributed by atoms with Crippen LogP contribution in [-0.4, -0.2) is 33.9 Å². The van der Waals surface area contributed by atoms with Gasteiger partial charge in [0.25, 0.3) is 0 Å². The smallest absolute Gasteiger partial charge is 0.322 e. The lowest BCUT2D eigenvalue weighted by Crippen LogP contribution is -2.38. The van der Waals surface area contributed by atoms with Crippen molar-refractivity contribution in [2.24, 2.45) is 0 Å². The van der Waals surface area contributed by atoms with Gasteiger partial charge in [-0.15, -0.1) is 0 Å². The molecule has 8 heteroatoms. The minimum atomic E-state index is -0.624. The molecule has 2 amide bonds. The van der Waals surface area contributed by atoms with Crippen LogP contribution in [0.5, 0.6) is 0 Å². The number of carbonyl (C=O) groups is 1. The summed E-state index contributed by atoms with van der Waals surface area (Å²) >= 11 is 0. The number of hydrogen-bond acceptors (Lipinski definition) is 5. The molecule has 0 bridgehead atoms. The first kappa shape index (κ1) is 14.4. The standard InChI is InChI=1S/C11H13N5O3/c1-8(3-5-12)15(2)11(17)14-9-4-6-13-7-10(9)16(18)19/h4,6-8H,3H2,1-2H3,(H,13,14,17)/t8-/m0/s1. The number of carbonyl (C=O) groups excluding carboxylic acids is 1. The Kier molecular flexibility index (Phi) is 4.76. The molecule has 100 valence electrons. The van der Waals surface area contributed by atoms with Crippen LogP contribution >= 0.6 is 0 Å². The number of aromatic nitrogens is 1. The van der Waals surface area contributed by atoms with Crippen LogP contribution < -0.4 is 5.32 Å². The third-order valence-electron chi connectivity index (χ3n) is 2.61. The minimum absolute atomic E-state index is 0.0704. The SMILES string of the molecule is C[C@@H](CC#N)N(C)C(=O)Nc1ccncc1[N+](=O)[O-]. The Labute approximate surface area is 109 Å². The van der Waals surface area contributed by atoms with Crippen molar-refractivity contribution >= 4 is 17.4 Å². The molecule has 1 heterocycles. The first-order valence-corrected chi connectivity index (χ1v) is 5.46.